The summed E-state index contributed by atoms with van der Waals surface area (Å²) >= 11 is 0. The van der Waals surface area contributed by atoms with E-state index in [1.54, 1.807) is 0 Å². The fourth-order valence-electron chi connectivity index (χ4n) is 0.109. The molecule has 80 valence electrons. The van der Waals surface area contributed by atoms with Crippen LogP contribution in [0.5, 0.6) is 0 Å². The van der Waals surface area contributed by atoms with Gasteiger partial charge in [-0.15, -0.1) is 3.63 Å². The predicted molar refractivity (Wildman–Crippen MR) is 34.2 cm³/mol. The van der Waals surface area contributed by atoms with Gasteiger partial charge in [0.2, 0.25) is 0 Å². The molecule has 0 aromatic carbocycles. The van der Waals surface area contributed by atoms with Crippen molar-refractivity contribution in [2.45, 2.75) is 0 Å². The van der Waals surface area contributed by atoms with E-state index < -0.39 is 20.8 Å². The Kier molecular flexibility index (Phi) is 12.7. The van der Waals surface area contributed by atoms with E-state index in [2.05, 4.69) is 3.63 Å². The minimum atomic E-state index is -5.12. The molecule has 0 radical (unpaired) electrons. The summed E-state index contributed by atoms with van der Waals surface area (Å²) in [5.41, 5.74) is 0. The molecular weight excluding hydrogens is 260 g/mol. The van der Waals surface area contributed by atoms with Gasteiger partial charge in [0.25, 0.3) is 0 Å². The van der Waals surface area contributed by atoms with E-state index >= 15 is 0 Å². The zero-order valence-electron chi connectivity index (χ0n) is 5.52. The van der Waals surface area contributed by atoms with Crippen LogP contribution >= 0.6 is 0 Å². The minimum absolute atomic E-state index is 0. The minimum Gasteiger partial charge on any atom is -0.344 e. The second kappa shape index (κ2) is 6.71. The maximum Gasteiger partial charge on any atom is 0.413 e. The van der Waals surface area contributed by atoms with Crippen molar-refractivity contribution in [2.24, 2.45) is 0 Å². The van der Waals surface area contributed by atoms with Crippen LogP contribution in [-0.2, 0) is 41.5 Å². The van der Waals surface area contributed by atoms with Crippen molar-refractivity contribution >= 4 is 20.8 Å². The van der Waals surface area contributed by atoms with Crippen molar-refractivity contribution in [3.8, 4) is 0 Å². The van der Waals surface area contributed by atoms with Crippen LogP contribution < -0.4 is 12.3 Å². The van der Waals surface area contributed by atoms with Crippen molar-refractivity contribution in [3.05, 3.63) is 0 Å². The third-order valence-corrected chi connectivity index (χ3v) is 1.55. The molecule has 0 aliphatic heterocycles. The van der Waals surface area contributed by atoms with Gasteiger partial charge in [0.1, 0.15) is 0 Å². The Morgan fingerprint density at radius 1 is 0.833 bits per heavy atom. The molecule has 12 heteroatoms. The molecule has 0 rings (SSSR count). The largest absolute Gasteiger partial charge is 0.413 e. The third-order valence-electron chi connectivity index (χ3n) is 0.172. The second-order valence-electron chi connectivity index (χ2n) is 0.924. The topological polar surface area (TPSA) is 188 Å². The normalized spacial score (nSPS) is 10.2. The average molecular weight is 268 g/mol. The summed E-state index contributed by atoms with van der Waals surface area (Å²) in [6.07, 6.45) is 0. The summed E-state index contributed by atoms with van der Waals surface area (Å²) in [5.74, 6) is 0. The molecule has 0 aliphatic carbocycles. The van der Waals surface area contributed by atoms with Crippen LogP contribution in [0.25, 0.3) is 0 Å². The zero-order valence-corrected chi connectivity index (χ0v) is 8.26. The molecule has 0 fully saturated rings. The van der Waals surface area contributed by atoms with Crippen LogP contribution in [0.1, 0.15) is 0 Å². The van der Waals surface area contributed by atoms with Crippen LogP contribution in [0.15, 0.2) is 0 Å². The Morgan fingerprint density at radius 3 is 1.00 bits per heavy atom. The Bertz CT molecular complexity index is 245. The summed E-state index contributed by atoms with van der Waals surface area (Å²) in [7, 11) is -10.2. The number of rotatable bonds is 2. The first-order chi connectivity index (χ1) is 3.71. The van der Waals surface area contributed by atoms with E-state index in [0.29, 0.717) is 0 Å². The smallest absolute Gasteiger partial charge is 0.344 e. The molecule has 0 aliphatic rings. The summed E-state index contributed by atoms with van der Waals surface area (Å²) in [6, 6.07) is 0. The van der Waals surface area contributed by atoms with Crippen molar-refractivity contribution in [3.63, 3.8) is 0 Å². The molecule has 12 heavy (non-hydrogen) atoms. The summed E-state index contributed by atoms with van der Waals surface area (Å²) in [6.45, 7) is 0. The Hall–Kier alpha value is 0.219. The molecule has 0 saturated carbocycles. The molecule has 0 aromatic heterocycles. The average Bonchev–Trinajstić information content (AvgIpc) is 1.14. The van der Waals surface area contributed by atoms with Crippen LogP contribution in [0.3, 0.4) is 0 Å². The molecule has 0 amide bonds. The van der Waals surface area contributed by atoms with Crippen molar-refractivity contribution in [1.82, 2.24) is 12.3 Å². The summed E-state index contributed by atoms with van der Waals surface area (Å²) in [4.78, 5) is 0. The molecule has 0 unspecified atom stereocenters. The molecule has 0 spiro atoms. The standard InChI is InChI=1S/Fe.2H3N.H2O7S2/c;;;1-8(2,3)7-9(4,5)6/h;2*1H3;(H,1,2,3)(H,4,5,6). The monoisotopic (exact) mass is 268 g/mol. The van der Waals surface area contributed by atoms with Gasteiger partial charge in [0, 0.05) is 17.1 Å². The molecule has 0 saturated heterocycles. The van der Waals surface area contributed by atoms with Crippen molar-refractivity contribution < 1.29 is 46.6 Å². The first-order valence-electron chi connectivity index (χ1n) is 1.37. The van der Waals surface area contributed by atoms with Gasteiger partial charge in [-0.3, -0.25) is 9.11 Å². The van der Waals surface area contributed by atoms with Gasteiger partial charge in [-0.1, -0.05) is 0 Å². The first-order valence-corrected chi connectivity index (χ1v) is 4.10. The Morgan fingerprint density at radius 2 is 1.00 bits per heavy atom. The Balaban J connectivity index is -0.000000107. The van der Waals surface area contributed by atoms with Crippen LogP contribution in [-0.4, -0.2) is 25.9 Å². The van der Waals surface area contributed by atoms with Gasteiger partial charge >= 0.3 is 20.8 Å². The fraction of sp³-hybridized carbons (Fsp3) is 0. The van der Waals surface area contributed by atoms with E-state index in [0.717, 1.165) is 0 Å². The van der Waals surface area contributed by atoms with E-state index in [4.69, 9.17) is 9.11 Å². The van der Waals surface area contributed by atoms with Crippen LogP contribution in [0.4, 0.5) is 0 Å². The van der Waals surface area contributed by atoms with Gasteiger partial charge in [-0.25, -0.2) is 0 Å². The predicted octanol–water partition coefficient (Wildman–Crippen LogP) is -1.07. The molecule has 8 N–H and O–H groups in total. The molecule has 0 bridgehead atoms. The number of hydrogen-bond acceptors (Lipinski definition) is 7. The van der Waals surface area contributed by atoms with Crippen molar-refractivity contribution in [2.75, 3.05) is 0 Å². The van der Waals surface area contributed by atoms with Gasteiger partial charge in [0.15, 0.2) is 0 Å². The second-order valence-corrected chi connectivity index (χ2v) is 3.18. The van der Waals surface area contributed by atoms with E-state index in [9.17, 15) is 16.8 Å². The maximum absolute atomic E-state index is 9.44. The fourth-order valence-corrected chi connectivity index (χ4v) is 0.978. The molecular formula is H8FeN2O7S2. The van der Waals surface area contributed by atoms with Crippen molar-refractivity contribution in [1.29, 1.82) is 0 Å². The molecule has 0 heterocycles. The molecule has 0 atom stereocenters. The van der Waals surface area contributed by atoms with Gasteiger partial charge in [-0.05, 0) is 0 Å². The van der Waals surface area contributed by atoms with Crippen LogP contribution in [0, 0.1) is 0 Å². The quantitative estimate of drug-likeness (QED) is 0.356. The summed E-state index contributed by atoms with van der Waals surface area (Å²) in [5, 5.41) is 0. The van der Waals surface area contributed by atoms with Gasteiger partial charge in [0.05, 0.1) is 0 Å². The van der Waals surface area contributed by atoms with Gasteiger partial charge in [-0.2, -0.15) is 16.8 Å². The summed E-state index contributed by atoms with van der Waals surface area (Å²) < 4.78 is 55.6. The van der Waals surface area contributed by atoms with E-state index in [-0.39, 0.29) is 29.4 Å². The third kappa shape index (κ3) is 22.5. The van der Waals surface area contributed by atoms with E-state index in [1.807, 2.05) is 0 Å². The molecule has 9 nitrogen and oxygen atoms in total. The maximum atomic E-state index is 9.44. The zero-order chi connectivity index (χ0) is 7.71. The SMILES string of the molecule is N.N.O=S(=O)(O)OS(=O)(=O)O.[Fe]. The van der Waals surface area contributed by atoms with E-state index in [1.165, 1.54) is 0 Å². The van der Waals surface area contributed by atoms with Gasteiger partial charge < -0.3 is 12.3 Å². The first kappa shape index (κ1) is 22.8. The Labute approximate surface area is 80.0 Å². The van der Waals surface area contributed by atoms with Crippen LogP contribution in [0.2, 0.25) is 0 Å². The number of hydrogen-bond donors (Lipinski definition) is 4. The molecule has 0 aromatic rings.